The van der Waals surface area contributed by atoms with E-state index in [0.717, 1.165) is 22.0 Å². The number of hydrogen-bond donors (Lipinski definition) is 1. The van der Waals surface area contributed by atoms with Gasteiger partial charge in [-0.1, -0.05) is 23.8 Å². The Hall–Kier alpha value is -4.06. The highest BCUT2D eigenvalue weighted by Gasteiger charge is 2.18. The number of amides is 1. The Kier molecular flexibility index (Phi) is 5.11. The molecular weight excluding hydrogens is 404 g/mol. The van der Waals surface area contributed by atoms with Gasteiger partial charge in [0.2, 0.25) is 0 Å². The van der Waals surface area contributed by atoms with Crippen LogP contribution in [0, 0.1) is 6.92 Å². The zero-order valence-electron chi connectivity index (χ0n) is 17.8. The van der Waals surface area contributed by atoms with Crippen molar-refractivity contribution in [1.82, 2.24) is 4.98 Å². The topological polar surface area (TPSA) is 69.7 Å². The van der Waals surface area contributed by atoms with E-state index < -0.39 is 0 Å². The maximum Gasteiger partial charge on any atom is 0.256 e. The van der Waals surface area contributed by atoms with Gasteiger partial charge in [0.15, 0.2) is 11.5 Å². The van der Waals surface area contributed by atoms with E-state index >= 15 is 0 Å². The molecule has 0 saturated heterocycles. The van der Waals surface area contributed by atoms with Crippen LogP contribution in [0.15, 0.2) is 66.7 Å². The molecule has 160 valence electrons. The number of benzene rings is 3. The van der Waals surface area contributed by atoms with Gasteiger partial charge in [0, 0.05) is 10.9 Å². The molecule has 1 amide bonds. The predicted molar refractivity (Wildman–Crippen MR) is 124 cm³/mol. The minimum Gasteiger partial charge on any atom is -0.495 e. The molecule has 6 heteroatoms. The second-order valence-electron chi connectivity index (χ2n) is 7.59. The molecule has 1 N–H and O–H groups in total. The average molecular weight is 426 g/mol. The van der Waals surface area contributed by atoms with Gasteiger partial charge in [-0.2, -0.15) is 0 Å². The number of anilines is 1. The second kappa shape index (κ2) is 8.23. The van der Waals surface area contributed by atoms with E-state index in [2.05, 4.69) is 5.32 Å². The third-order valence-electron chi connectivity index (χ3n) is 5.40. The molecular formula is C26H22N2O4. The van der Waals surface area contributed by atoms with Crippen LogP contribution in [-0.2, 0) is 0 Å². The summed E-state index contributed by atoms with van der Waals surface area (Å²) in [5.74, 6) is 1.76. The van der Waals surface area contributed by atoms with Crippen molar-refractivity contribution in [3.05, 3.63) is 77.9 Å². The summed E-state index contributed by atoms with van der Waals surface area (Å²) in [7, 11) is 1.58. The smallest absolute Gasteiger partial charge is 0.256 e. The van der Waals surface area contributed by atoms with Crippen molar-refractivity contribution < 1.29 is 19.0 Å². The van der Waals surface area contributed by atoms with Crippen molar-refractivity contribution in [2.75, 3.05) is 25.6 Å². The number of methoxy groups -OCH3 is 1. The molecule has 5 rings (SSSR count). The van der Waals surface area contributed by atoms with Gasteiger partial charge in [-0.25, -0.2) is 4.98 Å². The standard InChI is InChI=1S/C26H22N2O4/c1-16-7-9-20-18(13-16)19(26(29)28-21-5-3-4-6-23(21)30-2)15-22(27-20)17-8-10-24-25(14-17)32-12-11-31-24/h3-10,13-15H,11-12H2,1-2H3,(H,28,29). The van der Waals surface area contributed by atoms with Crippen LogP contribution in [0.3, 0.4) is 0 Å². The van der Waals surface area contributed by atoms with Gasteiger partial charge in [-0.3, -0.25) is 4.79 Å². The molecule has 0 bridgehead atoms. The zero-order valence-corrected chi connectivity index (χ0v) is 17.8. The molecule has 2 heterocycles. The molecule has 0 unspecified atom stereocenters. The summed E-state index contributed by atoms with van der Waals surface area (Å²) in [4.78, 5) is 18.2. The van der Waals surface area contributed by atoms with E-state index in [1.54, 1.807) is 7.11 Å². The fraction of sp³-hybridized carbons (Fsp3) is 0.154. The van der Waals surface area contributed by atoms with Crippen molar-refractivity contribution in [2.45, 2.75) is 6.92 Å². The van der Waals surface area contributed by atoms with Crippen LogP contribution in [0.5, 0.6) is 17.2 Å². The first kappa shape index (κ1) is 19.9. The van der Waals surface area contributed by atoms with Crippen LogP contribution in [0.4, 0.5) is 5.69 Å². The summed E-state index contributed by atoms with van der Waals surface area (Å²) in [6, 6.07) is 20.8. The second-order valence-corrected chi connectivity index (χ2v) is 7.59. The Labute approximate surface area is 185 Å². The molecule has 0 spiro atoms. The molecule has 4 aromatic rings. The summed E-state index contributed by atoms with van der Waals surface area (Å²) >= 11 is 0. The van der Waals surface area contributed by atoms with Crippen LogP contribution in [0.2, 0.25) is 0 Å². The Morgan fingerprint density at radius 3 is 2.62 bits per heavy atom. The van der Waals surface area contributed by atoms with Gasteiger partial charge in [0.05, 0.1) is 29.6 Å². The molecule has 6 nitrogen and oxygen atoms in total. The summed E-state index contributed by atoms with van der Waals surface area (Å²) in [5, 5.41) is 3.77. The third kappa shape index (κ3) is 3.71. The predicted octanol–water partition coefficient (Wildman–Crippen LogP) is 5.24. The number of nitrogens with one attached hydrogen (secondary N) is 1. The third-order valence-corrected chi connectivity index (χ3v) is 5.40. The van der Waals surface area contributed by atoms with Crippen molar-refractivity contribution >= 4 is 22.5 Å². The van der Waals surface area contributed by atoms with E-state index in [9.17, 15) is 4.79 Å². The average Bonchev–Trinajstić information content (AvgIpc) is 2.83. The number of aryl methyl sites for hydroxylation is 1. The Bertz CT molecular complexity index is 1330. The number of aromatic nitrogens is 1. The number of carbonyl (C=O) groups is 1. The van der Waals surface area contributed by atoms with Gasteiger partial charge in [0.1, 0.15) is 19.0 Å². The number of rotatable bonds is 4. The molecule has 0 fully saturated rings. The lowest BCUT2D eigenvalue weighted by Gasteiger charge is -2.19. The normalized spacial score (nSPS) is 12.4. The first-order valence-corrected chi connectivity index (χ1v) is 10.4. The van der Waals surface area contributed by atoms with E-state index in [1.165, 1.54) is 0 Å². The highest BCUT2D eigenvalue weighted by molar-refractivity contribution is 6.13. The maximum atomic E-state index is 13.4. The van der Waals surface area contributed by atoms with Crippen molar-refractivity contribution in [3.8, 4) is 28.5 Å². The fourth-order valence-corrected chi connectivity index (χ4v) is 3.82. The lowest BCUT2D eigenvalue weighted by Crippen LogP contribution is -2.15. The highest BCUT2D eigenvalue weighted by Crippen LogP contribution is 2.35. The maximum absolute atomic E-state index is 13.4. The Morgan fingerprint density at radius 1 is 0.969 bits per heavy atom. The highest BCUT2D eigenvalue weighted by atomic mass is 16.6. The number of ether oxygens (including phenoxy) is 3. The van der Waals surface area contributed by atoms with E-state index in [-0.39, 0.29) is 5.91 Å². The van der Waals surface area contributed by atoms with Gasteiger partial charge >= 0.3 is 0 Å². The van der Waals surface area contributed by atoms with Gasteiger partial charge in [0.25, 0.3) is 5.91 Å². The summed E-state index contributed by atoms with van der Waals surface area (Å²) < 4.78 is 16.7. The van der Waals surface area contributed by atoms with Crippen LogP contribution in [0.1, 0.15) is 15.9 Å². The molecule has 1 aliphatic rings. The number of para-hydroxylation sites is 2. The minimum absolute atomic E-state index is 0.230. The molecule has 1 aromatic heterocycles. The fourth-order valence-electron chi connectivity index (χ4n) is 3.82. The van der Waals surface area contributed by atoms with Gasteiger partial charge < -0.3 is 19.5 Å². The monoisotopic (exact) mass is 426 g/mol. The number of hydrogen-bond acceptors (Lipinski definition) is 5. The van der Waals surface area contributed by atoms with Crippen molar-refractivity contribution in [1.29, 1.82) is 0 Å². The Balaban J connectivity index is 1.61. The lowest BCUT2D eigenvalue weighted by atomic mass is 10.0. The largest absolute Gasteiger partial charge is 0.495 e. The minimum atomic E-state index is -0.230. The van der Waals surface area contributed by atoms with Crippen LogP contribution in [0.25, 0.3) is 22.2 Å². The van der Waals surface area contributed by atoms with E-state index in [1.807, 2.05) is 73.7 Å². The zero-order chi connectivity index (χ0) is 22.1. The molecule has 3 aromatic carbocycles. The first-order chi connectivity index (χ1) is 15.6. The summed E-state index contributed by atoms with van der Waals surface area (Å²) in [6.07, 6.45) is 0. The molecule has 0 radical (unpaired) electrons. The van der Waals surface area contributed by atoms with Crippen molar-refractivity contribution in [3.63, 3.8) is 0 Å². The van der Waals surface area contributed by atoms with Gasteiger partial charge in [-0.05, 0) is 55.5 Å². The number of fused-ring (bicyclic) bond motifs is 2. The molecule has 1 aliphatic heterocycles. The molecule has 32 heavy (non-hydrogen) atoms. The van der Waals surface area contributed by atoms with Crippen molar-refractivity contribution in [2.24, 2.45) is 0 Å². The van der Waals surface area contributed by atoms with Crippen LogP contribution < -0.4 is 19.5 Å². The van der Waals surface area contributed by atoms with E-state index in [4.69, 9.17) is 19.2 Å². The quantitative estimate of drug-likeness (QED) is 0.483. The lowest BCUT2D eigenvalue weighted by molar-refractivity contribution is 0.102. The number of carbonyl (C=O) groups excluding carboxylic acids is 1. The molecule has 0 saturated carbocycles. The number of pyridine rings is 1. The number of nitrogens with zero attached hydrogens (tertiary/aromatic N) is 1. The SMILES string of the molecule is COc1ccccc1NC(=O)c1cc(-c2ccc3c(c2)OCCO3)nc2ccc(C)cc12. The summed E-state index contributed by atoms with van der Waals surface area (Å²) in [5.41, 5.74) is 4.48. The summed E-state index contributed by atoms with van der Waals surface area (Å²) in [6.45, 7) is 3.04. The van der Waals surface area contributed by atoms with Crippen LogP contribution >= 0.6 is 0 Å². The van der Waals surface area contributed by atoms with E-state index in [0.29, 0.717) is 47.4 Å². The van der Waals surface area contributed by atoms with Crippen LogP contribution in [-0.4, -0.2) is 31.2 Å². The Morgan fingerprint density at radius 2 is 1.78 bits per heavy atom. The first-order valence-electron chi connectivity index (χ1n) is 10.4. The van der Waals surface area contributed by atoms with Gasteiger partial charge in [-0.15, -0.1) is 0 Å². The molecule has 0 atom stereocenters. The molecule has 0 aliphatic carbocycles.